The van der Waals surface area contributed by atoms with Crippen LogP contribution in [-0.4, -0.2) is 21.5 Å². The van der Waals surface area contributed by atoms with Gasteiger partial charge in [0.15, 0.2) is 0 Å². The van der Waals surface area contributed by atoms with Crippen LogP contribution in [-0.2, 0) is 0 Å². The molecule has 3 heteroatoms. The molecular weight excluding hydrogens is 261 g/mol. The van der Waals surface area contributed by atoms with E-state index < -0.39 is 0 Å². The highest BCUT2D eigenvalue weighted by molar-refractivity contribution is 5.12. The van der Waals surface area contributed by atoms with Crippen LogP contribution >= 0.6 is 0 Å². The fourth-order valence-corrected chi connectivity index (χ4v) is 1.07. The molecule has 0 nitrogen and oxygen atoms in total. The molecule has 2 rings (SSSR count). The molecule has 0 aliphatic carbocycles. The topological polar surface area (TPSA) is 0 Å². The average Bonchev–Trinajstić information content (AvgIpc) is 2.55. The summed E-state index contributed by atoms with van der Waals surface area (Å²) in [5.41, 5.74) is 2.64. The molecule has 0 radical (unpaired) electrons. The lowest BCUT2D eigenvalue weighted by Crippen LogP contribution is -1.62. The van der Waals surface area contributed by atoms with Gasteiger partial charge in [0.1, 0.15) is 0 Å². The van der Waals surface area contributed by atoms with Crippen LogP contribution in [0, 0.1) is 13.8 Å². The van der Waals surface area contributed by atoms with Crippen LogP contribution in [0.15, 0.2) is 60.7 Å². The zero-order chi connectivity index (χ0) is 16.2. The number of alkyl halides is 3. The van der Waals surface area contributed by atoms with Gasteiger partial charge in [0.25, 0.3) is 0 Å². The minimum absolute atomic E-state index is 0.500. The van der Waals surface area contributed by atoms with E-state index in [1.165, 1.54) is 11.1 Å². The molecule has 0 spiro atoms. The molecule has 0 saturated heterocycles. The van der Waals surface area contributed by atoms with Gasteiger partial charge in [0.2, 0.25) is 0 Å². The number of hydrogen-bond donors (Lipinski definition) is 0. The Balaban J connectivity index is -0.000000211. The Morgan fingerprint density at radius 1 is 0.450 bits per heavy atom. The Morgan fingerprint density at radius 2 is 0.650 bits per heavy atom. The molecule has 0 heterocycles. The zero-order valence-corrected chi connectivity index (χ0v) is 12.9. The van der Waals surface area contributed by atoms with Crippen molar-refractivity contribution in [1.82, 2.24) is 0 Å². The van der Waals surface area contributed by atoms with E-state index in [0.29, 0.717) is 21.5 Å². The van der Waals surface area contributed by atoms with Crippen molar-refractivity contribution < 1.29 is 13.2 Å². The van der Waals surface area contributed by atoms with Gasteiger partial charge in [-0.05, 0) is 13.8 Å². The second-order valence-corrected chi connectivity index (χ2v) is 3.31. The molecule has 0 bridgehead atoms. The fourth-order valence-electron chi connectivity index (χ4n) is 1.07. The third kappa shape index (κ3) is 18.6. The number of aryl methyl sites for hydroxylation is 2. The van der Waals surface area contributed by atoms with Crippen molar-refractivity contribution in [2.45, 2.75) is 13.8 Å². The molecule has 0 N–H and O–H groups in total. The lowest BCUT2D eigenvalue weighted by Gasteiger charge is -1.82. The van der Waals surface area contributed by atoms with E-state index >= 15 is 0 Å². The van der Waals surface area contributed by atoms with Crippen LogP contribution in [0.1, 0.15) is 11.1 Å². The smallest absolute Gasteiger partial charge is 0.0785 e. The Labute approximate surface area is 121 Å². The van der Waals surface area contributed by atoms with Crippen molar-refractivity contribution in [2.24, 2.45) is 0 Å². The summed E-state index contributed by atoms with van der Waals surface area (Å²) >= 11 is 0. The Morgan fingerprint density at radius 3 is 0.750 bits per heavy atom. The third-order valence-electron chi connectivity index (χ3n) is 1.88. The largest absolute Gasteiger partial charge is 0.255 e. The average molecular weight is 286 g/mol. The summed E-state index contributed by atoms with van der Waals surface area (Å²) in [7, 11) is 1.50. The van der Waals surface area contributed by atoms with Gasteiger partial charge in [0, 0.05) is 0 Å². The van der Waals surface area contributed by atoms with Gasteiger partial charge >= 0.3 is 0 Å². The van der Waals surface area contributed by atoms with Crippen molar-refractivity contribution in [3.05, 3.63) is 71.8 Å². The zero-order valence-electron chi connectivity index (χ0n) is 12.9. The first-order valence-corrected chi connectivity index (χ1v) is 5.96. The van der Waals surface area contributed by atoms with Gasteiger partial charge in [0.05, 0.1) is 21.5 Å². The van der Waals surface area contributed by atoms with Crippen molar-refractivity contribution in [3.8, 4) is 0 Å². The minimum atomic E-state index is 0.500. The predicted molar refractivity (Wildman–Crippen MR) is 83.5 cm³/mol. The molecule has 0 atom stereocenters. The summed E-state index contributed by atoms with van der Waals surface area (Å²) in [5.74, 6) is 0. The lowest BCUT2D eigenvalue weighted by molar-refractivity contribution is 0.635. The van der Waals surface area contributed by atoms with E-state index in [9.17, 15) is 13.2 Å². The van der Waals surface area contributed by atoms with E-state index in [1.54, 1.807) is 0 Å². The summed E-state index contributed by atoms with van der Waals surface area (Å²) in [6, 6.07) is 20.5. The van der Waals surface area contributed by atoms with Crippen LogP contribution in [0.2, 0.25) is 0 Å². The SMILES string of the molecule is CF.CF.CF.Cc1ccccc1.Cc1ccccc1. The number of hydrogen-bond acceptors (Lipinski definition) is 0. The van der Waals surface area contributed by atoms with Crippen molar-refractivity contribution in [3.63, 3.8) is 0 Å². The number of rotatable bonds is 0. The van der Waals surface area contributed by atoms with Crippen molar-refractivity contribution in [1.29, 1.82) is 0 Å². The maximum atomic E-state index is 9.50. The third-order valence-corrected chi connectivity index (χ3v) is 1.88. The van der Waals surface area contributed by atoms with E-state index in [2.05, 4.69) is 38.1 Å². The normalized spacial score (nSPS) is 7.00. The van der Waals surface area contributed by atoms with Crippen LogP contribution in [0.4, 0.5) is 13.2 Å². The molecule has 0 aromatic heterocycles. The Bertz CT molecular complexity index is 310. The van der Waals surface area contributed by atoms with E-state index in [1.807, 2.05) is 36.4 Å². The molecule has 0 saturated carbocycles. The van der Waals surface area contributed by atoms with Crippen LogP contribution in [0.3, 0.4) is 0 Å². The van der Waals surface area contributed by atoms with Gasteiger partial charge in [-0.3, -0.25) is 13.2 Å². The molecule has 0 aliphatic rings. The summed E-state index contributed by atoms with van der Waals surface area (Å²) in [6.07, 6.45) is 0. The molecule has 0 fully saturated rings. The first kappa shape index (κ1) is 23.3. The second-order valence-electron chi connectivity index (χ2n) is 3.31. The molecule has 2 aromatic rings. The summed E-state index contributed by atoms with van der Waals surface area (Å²) in [6.45, 7) is 4.17. The first-order chi connectivity index (χ1) is 9.79. The summed E-state index contributed by atoms with van der Waals surface area (Å²) in [4.78, 5) is 0. The number of benzene rings is 2. The molecule has 0 aliphatic heterocycles. The van der Waals surface area contributed by atoms with Gasteiger partial charge in [-0.2, -0.15) is 0 Å². The minimum Gasteiger partial charge on any atom is -0.255 e. The van der Waals surface area contributed by atoms with E-state index in [-0.39, 0.29) is 0 Å². The van der Waals surface area contributed by atoms with Crippen LogP contribution in [0.25, 0.3) is 0 Å². The lowest BCUT2D eigenvalue weighted by atomic mass is 10.2. The van der Waals surface area contributed by atoms with Crippen molar-refractivity contribution >= 4 is 0 Å². The molecule has 2 aromatic carbocycles. The number of halogens is 3. The maximum Gasteiger partial charge on any atom is 0.0785 e. The summed E-state index contributed by atoms with van der Waals surface area (Å²) in [5, 5.41) is 0. The van der Waals surface area contributed by atoms with Crippen molar-refractivity contribution in [2.75, 3.05) is 21.5 Å². The van der Waals surface area contributed by atoms with Crippen LogP contribution < -0.4 is 0 Å². The predicted octanol–water partition coefficient (Wildman–Crippen LogP) is 5.75. The van der Waals surface area contributed by atoms with Gasteiger partial charge < -0.3 is 0 Å². The van der Waals surface area contributed by atoms with Gasteiger partial charge in [-0.15, -0.1) is 0 Å². The summed E-state index contributed by atoms with van der Waals surface area (Å²) < 4.78 is 28.5. The molecule has 0 unspecified atom stereocenters. The highest BCUT2D eigenvalue weighted by atomic mass is 19.1. The highest BCUT2D eigenvalue weighted by Gasteiger charge is 1.72. The maximum absolute atomic E-state index is 9.50. The van der Waals surface area contributed by atoms with Crippen LogP contribution in [0.5, 0.6) is 0 Å². The van der Waals surface area contributed by atoms with E-state index in [4.69, 9.17) is 0 Å². The molecule has 114 valence electrons. The van der Waals surface area contributed by atoms with Gasteiger partial charge in [-0.25, -0.2) is 0 Å². The Kier molecular flexibility index (Phi) is 26.1. The van der Waals surface area contributed by atoms with E-state index in [0.717, 1.165) is 0 Å². The molecule has 0 amide bonds. The molecular formula is C17H25F3. The monoisotopic (exact) mass is 286 g/mol. The fraction of sp³-hybridized carbons (Fsp3) is 0.294. The molecule has 20 heavy (non-hydrogen) atoms. The quantitative estimate of drug-likeness (QED) is 0.578. The Hall–Kier alpha value is -1.77. The van der Waals surface area contributed by atoms with Gasteiger partial charge in [-0.1, -0.05) is 71.8 Å². The highest BCUT2D eigenvalue weighted by Crippen LogP contribution is 1.92. The first-order valence-electron chi connectivity index (χ1n) is 5.96. The second kappa shape index (κ2) is 22.4. The standard InChI is InChI=1S/2C7H8.3CH3F/c2*1-7-5-3-2-4-6-7;3*1-2/h2*2-6H,1H3;3*1H3.